The van der Waals surface area contributed by atoms with Gasteiger partial charge in [0.2, 0.25) is 0 Å². The number of hydrogen-bond acceptors (Lipinski definition) is 4. The summed E-state index contributed by atoms with van der Waals surface area (Å²) in [5, 5.41) is 1.84. The fourth-order valence-corrected chi connectivity index (χ4v) is 2.88. The van der Waals surface area contributed by atoms with Crippen molar-refractivity contribution in [2.75, 3.05) is 13.7 Å². The Labute approximate surface area is 134 Å². The molecule has 4 nitrogen and oxygen atoms in total. The van der Waals surface area contributed by atoms with Gasteiger partial charge in [-0.25, -0.2) is 4.79 Å². The molecule has 0 fully saturated rings. The molecule has 0 bridgehead atoms. The number of carbonyl (C=O) groups is 2. The summed E-state index contributed by atoms with van der Waals surface area (Å²) in [5.74, 6) is -0.539. The van der Waals surface area contributed by atoms with Crippen LogP contribution in [0.15, 0.2) is 47.8 Å². The first-order chi connectivity index (χ1) is 10.6. The van der Waals surface area contributed by atoms with E-state index in [9.17, 15) is 9.59 Å². The molecular weight excluding hydrogens is 298 g/mol. The maximum absolute atomic E-state index is 12.5. The highest BCUT2D eigenvalue weighted by Gasteiger charge is 2.29. The van der Waals surface area contributed by atoms with E-state index < -0.39 is 6.04 Å². The maximum atomic E-state index is 12.5. The topological polar surface area (TPSA) is 46.6 Å². The lowest BCUT2D eigenvalue weighted by Gasteiger charge is -2.26. The molecule has 1 aromatic carbocycles. The molecule has 0 N–H and O–H groups in total. The van der Waals surface area contributed by atoms with Gasteiger partial charge in [-0.15, -0.1) is 11.3 Å². The summed E-state index contributed by atoms with van der Waals surface area (Å²) in [6, 6.07) is 12.6. The van der Waals surface area contributed by atoms with E-state index in [2.05, 4.69) is 0 Å². The highest BCUT2D eigenvalue weighted by atomic mass is 32.1. The van der Waals surface area contributed by atoms with Gasteiger partial charge in [0.15, 0.2) is 0 Å². The Bertz CT molecular complexity index is 610. The van der Waals surface area contributed by atoms with Crippen molar-refractivity contribution in [2.45, 2.75) is 19.4 Å². The number of thiophene rings is 1. The molecular formula is C17H19NO3S. The lowest BCUT2D eigenvalue weighted by molar-refractivity contribution is -0.148. The predicted octanol–water partition coefficient (Wildman–Crippen LogP) is 2.99. The van der Waals surface area contributed by atoms with Crippen molar-refractivity contribution in [1.82, 2.24) is 4.90 Å². The van der Waals surface area contributed by atoms with Crippen LogP contribution in [0, 0.1) is 0 Å². The molecule has 1 atom stereocenters. The number of esters is 1. The van der Waals surface area contributed by atoms with Crippen LogP contribution < -0.4 is 0 Å². The predicted molar refractivity (Wildman–Crippen MR) is 87.0 cm³/mol. The minimum absolute atomic E-state index is 0.163. The smallest absolute Gasteiger partial charge is 0.329 e. The Morgan fingerprint density at radius 2 is 1.91 bits per heavy atom. The van der Waals surface area contributed by atoms with Crippen molar-refractivity contribution in [3.63, 3.8) is 0 Å². The third-order valence-electron chi connectivity index (χ3n) is 3.35. The normalized spacial score (nSPS) is 11.7. The maximum Gasteiger partial charge on any atom is 0.329 e. The van der Waals surface area contributed by atoms with Crippen LogP contribution in [0.5, 0.6) is 0 Å². The molecule has 0 radical (unpaired) electrons. The number of carbonyl (C=O) groups excluding carboxylic acids is 2. The van der Waals surface area contributed by atoms with Crippen LogP contribution in [-0.4, -0.2) is 36.5 Å². The van der Waals surface area contributed by atoms with Crippen molar-refractivity contribution in [1.29, 1.82) is 0 Å². The second-order valence-electron chi connectivity index (χ2n) is 4.85. The Morgan fingerprint density at radius 3 is 2.50 bits per heavy atom. The van der Waals surface area contributed by atoms with Crippen LogP contribution in [0.4, 0.5) is 0 Å². The van der Waals surface area contributed by atoms with E-state index in [0.717, 1.165) is 5.56 Å². The van der Waals surface area contributed by atoms with E-state index in [1.165, 1.54) is 16.2 Å². The molecule has 22 heavy (non-hydrogen) atoms. The molecule has 0 aliphatic carbocycles. The van der Waals surface area contributed by atoms with Crippen molar-refractivity contribution >= 4 is 23.2 Å². The molecule has 5 heteroatoms. The monoisotopic (exact) mass is 317 g/mol. The minimum atomic E-state index is -0.628. The van der Waals surface area contributed by atoms with E-state index >= 15 is 0 Å². The first-order valence-corrected chi connectivity index (χ1v) is 8.02. The van der Waals surface area contributed by atoms with Crippen molar-refractivity contribution in [3.8, 4) is 0 Å². The zero-order valence-corrected chi connectivity index (χ0v) is 13.5. The van der Waals surface area contributed by atoms with Gasteiger partial charge >= 0.3 is 5.97 Å². The van der Waals surface area contributed by atoms with Gasteiger partial charge in [-0.3, -0.25) is 4.79 Å². The number of ether oxygens (including phenoxy) is 1. The summed E-state index contributed by atoms with van der Waals surface area (Å²) in [4.78, 5) is 26.8. The lowest BCUT2D eigenvalue weighted by atomic mass is 10.0. The third kappa shape index (κ3) is 3.95. The molecule has 1 heterocycles. The van der Waals surface area contributed by atoms with Crippen LogP contribution in [0.3, 0.4) is 0 Å². The first-order valence-electron chi connectivity index (χ1n) is 7.14. The largest absolute Gasteiger partial charge is 0.464 e. The van der Waals surface area contributed by atoms with E-state index in [0.29, 0.717) is 17.9 Å². The van der Waals surface area contributed by atoms with E-state index in [-0.39, 0.29) is 11.9 Å². The second-order valence-corrected chi connectivity index (χ2v) is 5.80. The fraction of sp³-hybridized carbons (Fsp3) is 0.294. The molecule has 0 saturated carbocycles. The van der Waals surface area contributed by atoms with E-state index in [1.54, 1.807) is 20.0 Å². The lowest BCUT2D eigenvalue weighted by Crippen LogP contribution is -2.44. The van der Waals surface area contributed by atoms with Gasteiger partial charge in [0, 0.05) is 13.5 Å². The van der Waals surface area contributed by atoms with Crippen LogP contribution >= 0.6 is 11.3 Å². The number of benzene rings is 1. The standard InChI is InChI=1S/C17H19NO3S/c1-3-21-17(20)14(12-13-8-5-4-6-9-13)18(2)16(19)15-10-7-11-22-15/h4-11,14H,3,12H2,1-2H3/t14-/m0/s1. The number of rotatable bonds is 6. The summed E-state index contributed by atoms with van der Waals surface area (Å²) in [7, 11) is 1.65. The zero-order valence-electron chi connectivity index (χ0n) is 12.7. The highest BCUT2D eigenvalue weighted by Crippen LogP contribution is 2.16. The minimum Gasteiger partial charge on any atom is -0.464 e. The van der Waals surface area contributed by atoms with Crippen LogP contribution in [0.1, 0.15) is 22.2 Å². The Hall–Kier alpha value is -2.14. The average Bonchev–Trinajstić information content (AvgIpc) is 3.07. The summed E-state index contributed by atoms with van der Waals surface area (Å²) in [6.07, 6.45) is 0.438. The van der Waals surface area contributed by atoms with Gasteiger partial charge in [-0.05, 0) is 23.9 Å². The quantitative estimate of drug-likeness (QED) is 0.770. The van der Waals surface area contributed by atoms with E-state index in [4.69, 9.17) is 4.74 Å². The summed E-state index contributed by atoms with van der Waals surface area (Å²) in [5.41, 5.74) is 0.992. The SMILES string of the molecule is CCOC(=O)[C@H](Cc1ccccc1)N(C)C(=O)c1cccs1. The summed E-state index contributed by atoms with van der Waals surface area (Å²) >= 11 is 1.36. The Kier molecular flexibility index (Phi) is 5.72. The molecule has 1 aromatic heterocycles. The molecule has 1 amide bonds. The molecule has 0 unspecified atom stereocenters. The van der Waals surface area contributed by atoms with Gasteiger partial charge in [0.1, 0.15) is 6.04 Å². The van der Waals surface area contributed by atoms with Crippen LogP contribution in [-0.2, 0) is 16.0 Å². The van der Waals surface area contributed by atoms with Gasteiger partial charge in [-0.2, -0.15) is 0 Å². The molecule has 116 valence electrons. The van der Waals surface area contributed by atoms with Crippen molar-refractivity contribution < 1.29 is 14.3 Å². The number of amides is 1. The second kappa shape index (κ2) is 7.75. The van der Waals surface area contributed by atoms with Crippen LogP contribution in [0.2, 0.25) is 0 Å². The van der Waals surface area contributed by atoms with Crippen molar-refractivity contribution in [2.24, 2.45) is 0 Å². The fourth-order valence-electron chi connectivity index (χ4n) is 2.17. The number of hydrogen-bond donors (Lipinski definition) is 0. The zero-order chi connectivity index (χ0) is 15.9. The van der Waals surface area contributed by atoms with E-state index in [1.807, 2.05) is 41.8 Å². The molecule has 0 aliphatic rings. The molecule has 0 aliphatic heterocycles. The highest BCUT2D eigenvalue weighted by molar-refractivity contribution is 7.12. The average molecular weight is 317 g/mol. The summed E-state index contributed by atoms with van der Waals surface area (Å²) < 4.78 is 5.14. The Morgan fingerprint density at radius 1 is 1.18 bits per heavy atom. The van der Waals surface area contributed by atoms with Gasteiger partial charge in [0.25, 0.3) is 5.91 Å². The van der Waals surface area contributed by atoms with Gasteiger partial charge in [0.05, 0.1) is 11.5 Å². The van der Waals surface area contributed by atoms with Gasteiger partial charge in [-0.1, -0.05) is 36.4 Å². The summed E-state index contributed by atoms with van der Waals surface area (Å²) in [6.45, 7) is 2.06. The molecule has 2 aromatic rings. The molecule has 2 rings (SSSR count). The third-order valence-corrected chi connectivity index (χ3v) is 4.21. The van der Waals surface area contributed by atoms with Gasteiger partial charge < -0.3 is 9.64 Å². The molecule has 0 saturated heterocycles. The van der Waals surface area contributed by atoms with Crippen molar-refractivity contribution in [3.05, 3.63) is 58.3 Å². The van der Waals surface area contributed by atoms with Crippen LogP contribution in [0.25, 0.3) is 0 Å². The number of likely N-dealkylation sites (N-methyl/N-ethyl adjacent to an activating group) is 1. The Balaban J connectivity index is 2.19. The molecule has 0 spiro atoms. The number of nitrogens with zero attached hydrogens (tertiary/aromatic N) is 1. The first kappa shape index (κ1) is 16.2.